The highest BCUT2D eigenvalue weighted by Crippen LogP contribution is 2.51. The Hall–Kier alpha value is -5.70. The van der Waals surface area contributed by atoms with Gasteiger partial charge < -0.3 is 50.1 Å². The fourth-order valence-electron chi connectivity index (χ4n) is 14.6. The number of thiazole rings is 1. The number of aliphatic hydroxyl groups excluding tert-OH is 1. The van der Waals surface area contributed by atoms with E-state index in [1.54, 1.807) is 22.3 Å². The van der Waals surface area contributed by atoms with Gasteiger partial charge in [-0.3, -0.25) is 19.4 Å². The van der Waals surface area contributed by atoms with Crippen LogP contribution in [0, 0.1) is 24.2 Å². The number of morpholine rings is 1. The molecule has 6 saturated heterocycles. The summed E-state index contributed by atoms with van der Waals surface area (Å²) in [5.41, 5.74) is 14.0. The van der Waals surface area contributed by atoms with Gasteiger partial charge in [0.2, 0.25) is 11.8 Å². The van der Waals surface area contributed by atoms with Crippen LogP contribution < -0.4 is 20.9 Å². The van der Waals surface area contributed by atoms with E-state index < -0.39 is 18.1 Å². The maximum Gasteiger partial charge on any atom is 0.243 e. The van der Waals surface area contributed by atoms with Crippen molar-refractivity contribution in [1.29, 1.82) is 0 Å². The van der Waals surface area contributed by atoms with Crippen molar-refractivity contribution in [2.75, 3.05) is 94.1 Å². The number of carbonyl (C=O) groups excluding carboxylic acids is 2. The van der Waals surface area contributed by atoms with Gasteiger partial charge >= 0.3 is 0 Å². The highest BCUT2D eigenvalue weighted by Gasteiger charge is 2.50. The van der Waals surface area contributed by atoms with Gasteiger partial charge in [0.05, 0.1) is 52.3 Å². The molecule has 7 fully saturated rings. The van der Waals surface area contributed by atoms with E-state index in [9.17, 15) is 19.8 Å². The molecule has 0 radical (unpaired) electrons. The topological polar surface area (TPSA) is 206 Å². The first-order valence-electron chi connectivity index (χ1n) is 29.3. The number of aromatic nitrogens is 4. The number of piperazine rings is 1. The van der Waals surface area contributed by atoms with Crippen molar-refractivity contribution in [1.82, 2.24) is 45.3 Å². The number of ether oxygens (including phenoxy) is 1. The number of nitrogens with two attached hydrogens (primary N) is 1. The number of phenols is 1. The van der Waals surface area contributed by atoms with Gasteiger partial charge in [0.25, 0.3) is 0 Å². The fraction of sp³-hybridized carbons (Fsp3) is 0.600. The number of nitrogens with zero attached hydrogens (tertiary/aromatic N) is 10. The van der Waals surface area contributed by atoms with Gasteiger partial charge in [-0.15, -0.1) is 21.5 Å². The van der Waals surface area contributed by atoms with Crippen LogP contribution in [0.2, 0.25) is 0 Å². The third-order valence-electron chi connectivity index (χ3n) is 19.2. The van der Waals surface area contributed by atoms with Crippen LogP contribution in [-0.4, -0.2) is 177 Å². The predicted molar refractivity (Wildman–Crippen MR) is 306 cm³/mol. The van der Waals surface area contributed by atoms with Gasteiger partial charge in [-0.05, 0) is 125 Å². The zero-order valence-corrected chi connectivity index (χ0v) is 47.3. The number of amides is 2. The molecule has 422 valence electrons. The number of para-hydroxylation sites is 1. The molecule has 7 atom stereocenters. The number of aryl methyl sites for hydroxylation is 1. The average Bonchev–Trinajstić information content (AvgIpc) is 4.28. The number of phenolic OH excluding ortho intramolecular Hbond substituents is 1. The van der Waals surface area contributed by atoms with Crippen LogP contribution in [0.4, 0.5) is 17.3 Å². The second-order valence-corrected chi connectivity index (χ2v) is 25.5. The summed E-state index contributed by atoms with van der Waals surface area (Å²) in [5, 5.41) is 37.6. The van der Waals surface area contributed by atoms with E-state index in [1.807, 2.05) is 75.7 Å². The maximum absolute atomic E-state index is 14.4. The summed E-state index contributed by atoms with van der Waals surface area (Å²) >= 11 is 1.61. The van der Waals surface area contributed by atoms with Crippen LogP contribution in [0.1, 0.15) is 108 Å². The summed E-state index contributed by atoms with van der Waals surface area (Å²) in [7, 11) is 0. The van der Waals surface area contributed by atoms with Gasteiger partial charge in [-0.1, -0.05) is 55.4 Å². The lowest BCUT2D eigenvalue weighted by molar-refractivity contribution is -0.141. The third kappa shape index (κ3) is 11.2. The SMILES string of the molecule is Cc1ncsc1-c1ccc([C@H](C)NC(=O)[C@@H]2C[C@@H](O)CN2C(=O)[C@@H](c2cc(N3CCC(CN4CCC5(CC4)CC(N4CCO[C@H](CN6C7CCC6CN(c6cc(-c8ccccc8O)nnc6N)C7)C4)C5)CC3)no2)C(C)C)cc1. The molecule has 5 aromatic rings. The number of benzene rings is 2. The number of β-amino-alcohol motifs (C(OH)–C–C–N with tert-alkyl or cyclic N) is 1. The number of aliphatic hydroxyl groups is 1. The van der Waals surface area contributed by atoms with Gasteiger partial charge in [-0.2, -0.15) is 0 Å². The van der Waals surface area contributed by atoms with E-state index in [4.69, 9.17) is 15.0 Å². The number of nitrogens with one attached hydrogen (secondary N) is 1. The Kier molecular flexibility index (Phi) is 15.5. The van der Waals surface area contributed by atoms with E-state index in [2.05, 4.69) is 62.3 Å². The summed E-state index contributed by atoms with van der Waals surface area (Å²) in [6.45, 7) is 18.9. The van der Waals surface area contributed by atoms with E-state index >= 15 is 0 Å². The number of hydrogen-bond donors (Lipinski definition) is 4. The van der Waals surface area contributed by atoms with Gasteiger partial charge in [-0.25, -0.2) is 4.98 Å². The maximum atomic E-state index is 14.4. The molecule has 1 saturated carbocycles. The van der Waals surface area contributed by atoms with Crippen LogP contribution in [-0.2, 0) is 14.3 Å². The monoisotopic (exact) mass is 1100 g/mol. The Labute approximate surface area is 468 Å². The van der Waals surface area contributed by atoms with Crippen LogP contribution in [0.25, 0.3) is 21.7 Å². The zero-order valence-electron chi connectivity index (χ0n) is 46.5. The molecule has 5 N–H and O–H groups in total. The lowest BCUT2D eigenvalue weighted by Gasteiger charge is -2.56. The lowest BCUT2D eigenvalue weighted by Crippen LogP contribution is -2.61. The summed E-state index contributed by atoms with van der Waals surface area (Å²) in [4.78, 5) is 48.2. The number of piperidine rings is 2. The number of nitrogen functional groups attached to an aromatic ring is 1. The first-order chi connectivity index (χ1) is 38.2. The molecule has 2 bridgehead atoms. The largest absolute Gasteiger partial charge is 0.507 e. The molecule has 7 aliphatic rings. The van der Waals surface area contributed by atoms with Gasteiger partial charge in [0.15, 0.2) is 17.4 Å². The summed E-state index contributed by atoms with van der Waals surface area (Å²) in [6.07, 6.45) is 9.31. The first-order valence-corrected chi connectivity index (χ1v) is 30.1. The van der Waals surface area contributed by atoms with Crippen LogP contribution in [0.5, 0.6) is 5.75 Å². The number of rotatable bonds is 15. The van der Waals surface area contributed by atoms with Crippen molar-refractivity contribution >= 4 is 40.5 Å². The van der Waals surface area contributed by atoms with Crippen molar-refractivity contribution < 1.29 is 29.1 Å². The standard InChI is InChI=1S/C60H80N12O6S/c1-37(2)55(59(76)72-33-46(73)25-51(72)58(75)63-38(3)41-9-11-42(12-10-41)56-39(4)62-36-79-56)53-27-54(66-78-53)68-19-15-40(16-20-68)30-67-21-17-60(18-22-67)28-45(29-60)69-23-24-77-47(34-69)35-71-43-13-14-44(71)32-70(31-43)50-26-49(64-65-57(50)61)48-7-5-6-8-52(48)74/h5-12,26-27,36-38,40,43-47,51,55,73-74H,13-25,28-35H2,1-4H3,(H2,61,65)(H,63,75)/t38-,43?,44?,46+,47-,51-,55+/m0/s1. The van der Waals surface area contributed by atoms with Crippen molar-refractivity contribution in [3.8, 4) is 27.4 Å². The Morgan fingerprint density at radius 1 is 0.873 bits per heavy atom. The van der Waals surface area contributed by atoms with Crippen LogP contribution in [0.15, 0.2) is 70.7 Å². The smallest absolute Gasteiger partial charge is 0.243 e. The first kappa shape index (κ1) is 53.9. The van der Waals surface area contributed by atoms with Crippen LogP contribution in [0.3, 0.4) is 0 Å². The molecule has 2 amide bonds. The Balaban J connectivity index is 0.576. The minimum Gasteiger partial charge on any atom is -0.507 e. The van der Waals surface area contributed by atoms with Gasteiger partial charge in [0.1, 0.15) is 17.7 Å². The molecule has 6 aliphatic heterocycles. The summed E-state index contributed by atoms with van der Waals surface area (Å²) in [5.74, 6) is 1.26. The second kappa shape index (κ2) is 22.7. The number of anilines is 3. The van der Waals surface area contributed by atoms with Gasteiger partial charge in [0, 0.05) is 95.1 Å². The molecule has 12 rings (SSSR count). The molecule has 19 heteroatoms. The second-order valence-electron chi connectivity index (χ2n) is 24.6. The molecule has 2 aromatic carbocycles. The van der Waals surface area contributed by atoms with Crippen LogP contribution >= 0.6 is 11.3 Å². The normalized spacial score (nSPS) is 26.0. The van der Waals surface area contributed by atoms with Crippen molar-refractivity contribution in [3.05, 3.63) is 83.2 Å². The van der Waals surface area contributed by atoms with Crippen molar-refractivity contribution in [3.63, 3.8) is 0 Å². The molecule has 9 heterocycles. The molecule has 1 spiro atoms. The van der Waals surface area contributed by atoms with Crippen molar-refractivity contribution in [2.45, 2.75) is 134 Å². The quantitative estimate of drug-likeness (QED) is 0.0838. The molecular weight excluding hydrogens is 1020 g/mol. The molecule has 18 nitrogen and oxygen atoms in total. The molecule has 1 aliphatic carbocycles. The molecule has 3 aromatic heterocycles. The number of likely N-dealkylation sites (tertiary alicyclic amines) is 2. The predicted octanol–water partition coefficient (Wildman–Crippen LogP) is 6.95. The third-order valence-corrected chi connectivity index (χ3v) is 20.1. The number of carbonyl (C=O) groups is 2. The number of hydrogen-bond acceptors (Lipinski definition) is 17. The Morgan fingerprint density at radius 3 is 2.33 bits per heavy atom. The van der Waals surface area contributed by atoms with E-state index in [0.717, 1.165) is 105 Å². The highest BCUT2D eigenvalue weighted by molar-refractivity contribution is 7.13. The van der Waals surface area contributed by atoms with E-state index in [1.165, 1.54) is 51.6 Å². The molecular formula is C60H80N12O6S. The minimum absolute atomic E-state index is 0.0949. The van der Waals surface area contributed by atoms with Crippen molar-refractivity contribution in [2.24, 2.45) is 17.3 Å². The highest BCUT2D eigenvalue weighted by atomic mass is 32.1. The summed E-state index contributed by atoms with van der Waals surface area (Å²) < 4.78 is 12.5. The molecule has 2 unspecified atom stereocenters. The minimum atomic E-state index is -0.794. The number of aromatic hydroxyl groups is 1. The lowest BCUT2D eigenvalue weighted by atomic mass is 9.60. The zero-order chi connectivity index (χ0) is 54.5. The molecule has 79 heavy (non-hydrogen) atoms. The summed E-state index contributed by atoms with van der Waals surface area (Å²) in [6, 6.07) is 19.7. The number of fused-ring (bicyclic) bond motifs is 2. The van der Waals surface area contributed by atoms with E-state index in [-0.39, 0.29) is 48.6 Å². The Bertz CT molecular complexity index is 2920. The average molecular weight is 1100 g/mol. The van der Waals surface area contributed by atoms with E-state index in [0.29, 0.717) is 52.3 Å². The Morgan fingerprint density at radius 2 is 1.62 bits per heavy atom. The fourth-order valence-corrected chi connectivity index (χ4v) is 15.4.